The highest BCUT2D eigenvalue weighted by Gasteiger charge is 2.23. The van der Waals surface area contributed by atoms with Crippen molar-refractivity contribution in [3.05, 3.63) is 84.6 Å². The zero-order chi connectivity index (χ0) is 21.8. The first kappa shape index (κ1) is 20.1. The van der Waals surface area contributed by atoms with Crippen molar-refractivity contribution in [1.29, 1.82) is 0 Å². The molecular weight excluding hydrogens is 398 g/mol. The van der Waals surface area contributed by atoms with E-state index in [1.807, 2.05) is 0 Å². The molecule has 2 N–H and O–H groups in total. The third-order valence-corrected chi connectivity index (χ3v) is 3.87. The SMILES string of the molecule is Cc1nc(Nc2cccc([N+](=O)[O-])c2)nc(Nc2cccc([N+](=O)[O-])c2)c1[N+](=O)[O-]. The van der Waals surface area contributed by atoms with Gasteiger partial charge in [-0.3, -0.25) is 30.3 Å². The highest BCUT2D eigenvalue weighted by atomic mass is 16.6. The molecule has 0 aliphatic rings. The predicted molar refractivity (Wildman–Crippen MR) is 106 cm³/mol. The minimum atomic E-state index is -0.674. The Labute approximate surface area is 167 Å². The molecule has 30 heavy (non-hydrogen) atoms. The molecule has 13 heteroatoms. The molecule has 0 amide bonds. The topological polar surface area (TPSA) is 179 Å². The zero-order valence-electron chi connectivity index (χ0n) is 15.3. The fourth-order valence-electron chi connectivity index (χ4n) is 2.59. The van der Waals surface area contributed by atoms with Crippen LogP contribution in [0.2, 0.25) is 0 Å². The maximum absolute atomic E-state index is 11.5. The molecule has 13 nitrogen and oxygen atoms in total. The molecule has 0 atom stereocenters. The minimum absolute atomic E-state index is 0.0239. The highest BCUT2D eigenvalue weighted by molar-refractivity contribution is 5.70. The summed E-state index contributed by atoms with van der Waals surface area (Å²) in [6.07, 6.45) is 0. The summed E-state index contributed by atoms with van der Waals surface area (Å²) in [5.41, 5.74) is -0.232. The summed E-state index contributed by atoms with van der Waals surface area (Å²) in [6.45, 7) is 1.40. The van der Waals surface area contributed by atoms with Crippen molar-refractivity contribution in [2.45, 2.75) is 6.92 Å². The molecule has 0 aliphatic heterocycles. The quantitative estimate of drug-likeness (QED) is 0.426. The molecule has 2 aromatic carbocycles. The Bertz CT molecular complexity index is 1170. The summed E-state index contributed by atoms with van der Waals surface area (Å²) in [5.74, 6) is -0.243. The number of anilines is 4. The molecule has 1 aromatic heterocycles. The molecule has 0 saturated heterocycles. The highest BCUT2D eigenvalue weighted by Crippen LogP contribution is 2.31. The van der Waals surface area contributed by atoms with Gasteiger partial charge in [0.25, 0.3) is 11.4 Å². The maximum atomic E-state index is 11.5. The average molecular weight is 411 g/mol. The minimum Gasteiger partial charge on any atom is -0.334 e. The van der Waals surface area contributed by atoms with Gasteiger partial charge in [-0.25, -0.2) is 4.98 Å². The van der Waals surface area contributed by atoms with Gasteiger partial charge in [-0.1, -0.05) is 12.1 Å². The Balaban J connectivity index is 2.00. The van der Waals surface area contributed by atoms with Crippen molar-refractivity contribution < 1.29 is 14.8 Å². The van der Waals surface area contributed by atoms with E-state index in [9.17, 15) is 30.3 Å². The summed E-state index contributed by atoms with van der Waals surface area (Å²) >= 11 is 0. The van der Waals surface area contributed by atoms with Crippen LogP contribution < -0.4 is 10.6 Å². The first-order chi connectivity index (χ1) is 14.2. The van der Waals surface area contributed by atoms with E-state index >= 15 is 0 Å². The van der Waals surface area contributed by atoms with Crippen molar-refractivity contribution in [2.24, 2.45) is 0 Å². The number of benzene rings is 2. The van der Waals surface area contributed by atoms with Crippen LogP contribution in [-0.2, 0) is 0 Å². The monoisotopic (exact) mass is 411 g/mol. The van der Waals surface area contributed by atoms with Crippen molar-refractivity contribution in [3.8, 4) is 0 Å². The molecule has 0 spiro atoms. The lowest BCUT2D eigenvalue weighted by atomic mass is 10.2. The van der Waals surface area contributed by atoms with Crippen LogP contribution in [0.15, 0.2) is 48.5 Å². The molecule has 0 radical (unpaired) electrons. The number of hydrogen-bond donors (Lipinski definition) is 2. The Hall–Kier alpha value is -4.68. The van der Waals surface area contributed by atoms with Gasteiger partial charge >= 0.3 is 5.69 Å². The third-order valence-electron chi connectivity index (χ3n) is 3.87. The van der Waals surface area contributed by atoms with E-state index in [-0.39, 0.29) is 34.5 Å². The third kappa shape index (κ3) is 4.41. The number of non-ortho nitro benzene ring substituents is 2. The molecule has 0 fully saturated rings. The lowest BCUT2D eigenvalue weighted by molar-refractivity contribution is -0.385. The molecule has 152 valence electrons. The van der Waals surface area contributed by atoms with Gasteiger partial charge in [0.05, 0.1) is 14.8 Å². The first-order valence-corrected chi connectivity index (χ1v) is 8.30. The van der Waals surface area contributed by atoms with Crippen molar-refractivity contribution in [2.75, 3.05) is 10.6 Å². The van der Waals surface area contributed by atoms with Gasteiger partial charge in [-0.05, 0) is 19.1 Å². The first-order valence-electron chi connectivity index (χ1n) is 8.30. The Morgan fingerprint density at radius 2 is 1.30 bits per heavy atom. The summed E-state index contributed by atoms with van der Waals surface area (Å²) in [4.78, 5) is 39.6. The number of aromatic nitrogens is 2. The van der Waals surface area contributed by atoms with Crippen LogP contribution in [0.1, 0.15) is 5.69 Å². The van der Waals surface area contributed by atoms with E-state index < -0.39 is 20.5 Å². The van der Waals surface area contributed by atoms with Crippen molar-refractivity contribution in [1.82, 2.24) is 9.97 Å². The van der Waals surface area contributed by atoms with Crippen LogP contribution in [0.3, 0.4) is 0 Å². The molecule has 0 saturated carbocycles. The van der Waals surface area contributed by atoms with Crippen LogP contribution in [0.4, 0.5) is 40.2 Å². The van der Waals surface area contributed by atoms with E-state index in [1.54, 1.807) is 6.07 Å². The normalized spacial score (nSPS) is 10.3. The van der Waals surface area contributed by atoms with Crippen LogP contribution >= 0.6 is 0 Å². The molecule has 1 heterocycles. The maximum Gasteiger partial charge on any atom is 0.332 e. The lowest BCUT2D eigenvalue weighted by Gasteiger charge is -2.11. The summed E-state index contributed by atoms with van der Waals surface area (Å²) in [6, 6.07) is 11.0. The van der Waals surface area contributed by atoms with E-state index in [2.05, 4.69) is 20.6 Å². The van der Waals surface area contributed by atoms with E-state index in [4.69, 9.17) is 0 Å². The van der Waals surface area contributed by atoms with Gasteiger partial charge in [0.1, 0.15) is 5.69 Å². The fourth-order valence-corrected chi connectivity index (χ4v) is 2.59. The van der Waals surface area contributed by atoms with Crippen LogP contribution in [0, 0.1) is 37.3 Å². The Morgan fingerprint density at radius 1 is 0.767 bits per heavy atom. The van der Waals surface area contributed by atoms with Gasteiger partial charge in [0.2, 0.25) is 11.8 Å². The van der Waals surface area contributed by atoms with E-state index in [0.29, 0.717) is 5.69 Å². The summed E-state index contributed by atoms with van der Waals surface area (Å²) in [7, 11) is 0. The van der Waals surface area contributed by atoms with Crippen LogP contribution in [-0.4, -0.2) is 24.7 Å². The predicted octanol–water partition coefficient (Wildman–Crippen LogP) is 4.00. The summed E-state index contributed by atoms with van der Waals surface area (Å²) in [5, 5.41) is 38.8. The van der Waals surface area contributed by atoms with Crippen molar-refractivity contribution in [3.63, 3.8) is 0 Å². The molecular formula is C17H13N7O6. The number of rotatable bonds is 7. The number of nitrogens with one attached hydrogen (secondary N) is 2. The molecule has 0 bridgehead atoms. The molecule has 0 aliphatic carbocycles. The number of hydrogen-bond acceptors (Lipinski definition) is 10. The van der Waals surface area contributed by atoms with Crippen LogP contribution in [0.5, 0.6) is 0 Å². The fraction of sp³-hybridized carbons (Fsp3) is 0.0588. The second-order valence-electron chi connectivity index (χ2n) is 5.95. The smallest absolute Gasteiger partial charge is 0.332 e. The number of nitrogens with zero attached hydrogens (tertiary/aromatic N) is 5. The van der Waals surface area contributed by atoms with Gasteiger partial charge < -0.3 is 10.6 Å². The van der Waals surface area contributed by atoms with Gasteiger partial charge in [-0.2, -0.15) is 4.98 Å². The molecule has 3 rings (SSSR count). The average Bonchev–Trinajstić information content (AvgIpc) is 2.67. The number of nitro groups is 3. The molecule has 3 aromatic rings. The second kappa shape index (κ2) is 8.14. The van der Waals surface area contributed by atoms with Gasteiger partial charge in [0.15, 0.2) is 0 Å². The van der Waals surface area contributed by atoms with E-state index in [1.165, 1.54) is 49.4 Å². The van der Waals surface area contributed by atoms with Crippen molar-refractivity contribution >= 4 is 40.2 Å². The Kier molecular flexibility index (Phi) is 5.44. The zero-order valence-corrected chi connectivity index (χ0v) is 15.3. The van der Waals surface area contributed by atoms with Crippen LogP contribution in [0.25, 0.3) is 0 Å². The molecule has 0 unspecified atom stereocenters. The van der Waals surface area contributed by atoms with E-state index in [0.717, 1.165) is 0 Å². The second-order valence-corrected chi connectivity index (χ2v) is 5.95. The standard InChI is InChI=1S/C17H13N7O6/c1-10-15(24(29)30)16(19-11-4-2-6-13(8-11)22(25)26)21-17(18-10)20-12-5-3-7-14(9-12)23(27)28/h2-9H,1H3,(H2,18,19,20,21). The number of nitro benzene ring substituents is 2. The largest absolute Gasteiger partial charge is 0.334 e. The van der Waals surface area contributed by atoms with Gasteiger partial charge in [-0.15, -0.1) is 0 Å². The van der Waals surface area contributed by atoms with Gasteiger partial charge in [0, 0.05) is 35.6 Å². The summed E-state index contributed by atoms with van der Waals surface area (Å²) < 4.78 is 0. The lowest BCUT2D eigenvalue weighted by Crippen LogP contribution is -2.07. The number of aryl methyl sites for hydroxylation is 1. The Morgan fingerprint density at radius 3 is 1.80 bits per heavy atom.